The molecule has 1 heterocycles. The summed E-state index contributed by atoms with van der Waals surface area (Å²) >= 11 is 0. The first-order chi connectivity index (χ1) is 14.7. The van der Waals surface area contributed by atoms with E-state index in [0.717, 1.165) is 24.5 Å². The van der Waals surface area contributed by atoms with Gasteiger partial charge >= 0.3 is 6.03 Å². The fraction of sp³-hybridized carbons (Fsp3) is 0.333. The summed E-state index contributed by atoms with van der Waals surface area (Å²) in [5.74, 6) is -1.33. The number of anilines is 1. The zero-order valence-electron chi connectivity index (χ0n) is 16.9. The number of halogens is 2. The van der Waals surface area contributed by atoms with Crippen LogP contribution in [0.25, 0.3) is 0 Å². The number of aldehydes is 1. The second-order valence-electron chi connectivity index (χ2n) is 7.42. The van der Waals surface area contributed by atoms with Crippen molar-refractivity contribution >= 4 is 28.0 Å². The monoisotopic (exact) mass is 451 g/mol. The summed E-state index contributed by atoms with van der Waals surface area (Å²) in [5, 5.41) is 2.59. The smallest absolute Gasteiger partial charge is 0.321 e. The maximum Gasteiger partial charge on any atom is 0.321 e. The number of rotatable bonds is 6. The SMILES string of the molecule is CN(Cc1cc(F)ccc1F)C(=O)Nc1ccc(S(=O)(=O)N2CCC(C=O)CC2)cc1. The molecule has 10 heteroatoms. The van der Waals surface area contributed by atoms with Crippen LogP contribution in [0.3, 0.4) is 0 Å². The molecule has 1 fully saturated rings. The van der Waals surface area contributed by atoms with Crippen molar-refractivity contribution < 1.29 is 26.8 Å². The molecule has 2 amide bonds. The Labute approximate surface area is 179 Å². The van der Waals surface area contributed by atoms with Gasteiger partial charge in [0.2, 0.25) is 10.0 Å². The van der Waals surface area contributed by atoms with Gasteiger partial charge in [-0.05, 0) is 55.3 Å². The molecule has 1 aliphatic rings. The van der Waals surface area contributed by atoms with Gasteiger partial charge < -0.3 is 15.0 Å². The number of hydrogen-bond acceptors (Lipinski definition) is 4. The van der Waals surface area contributed by atoms with Crippen molar-refractivity contribution in [1.29, 1.82) is 0 Å². The first kappa shape index (κ1) is 22.8. The van der Waals surface area contributed by atoms with Gasteiger partial charge in [-0.25, -0.2) is 22.0 Å². The van der Waals surface area contributed by atoms with E-state index in [1.54, 1.807) is 0 Å². The van der Waals surface area contributed by atoms with E-state index < -0.39 is 27.7 Å². The fourth-order valence-corrected chi connectivity index (χ4v) is 4.79. The first-order valence-electron chi connectivity index (χ1n) is 9.72. The maximum atomic E-state index is 13.8. The van der Waals surface area contributed by atoms with Crippen molar-refractivity contribution in [2.45, 2.75) is 24.3 Å². The van der Waals surface area contributed by atoms with E-state index >= 15 is 0 Å². The molecule has 7 nitrogen and oxygen atoms in total. The standard InChI is InChI=1S/C21H23F2N3O4S/c1-25(13-16-12-17(22)2-7-20(16)23)21(28)24-18-3-5-19(6-4-18)31(29,30)26-10-8-15(14-27)9-11-26/h2-7,12,14-15H,8-11,13H2,1H3,(H,24,28). The van der Waals surface area contributed by atoms with Gasteiger partial charge in [-0.1, -0.05) is 0 Å². The largest absolute Gasteiger partial charge is 0.323 e. The third-order valence-corrected chi connectivity index (χ3v) is 7.11. The number of carbonyl (C=O) groups excluding carboxylic acids is 2. The topological polar surface area (TPSA) is 86.8 Å². The minimum absolute atomic E-state index is 0.0393. The molecule has 1 saturated heterocycles. The highest BCUT2D eigenvalue weighted by Gasteiger charge is 2.29. The number of benzene rings is 2. The average Bonchev–Trinajstić information content (AvgIpc) is 2.76. The quantitative estimate of drug-likeness (QED) is 0.684. The summed E-state index contributed by atoms with van der Waals surface area (Å²) in [4.78, 5) is 24.5. The molecule has 0 unspecified atom stereocenters. The molecule has 2 aromatic rings. The number of nitrogens with one attached hydrogen (secondary N) is 1. The number of hydrogen-bond donors (Lipinski definition) is 1. The molecule has 0 atom stereocenters. The van der Waals surface area contributed by atoms with Crippen LogP contribution in [-0.4, -0.2) is 50.1 Å². The van der Waals surface area contributed by atoms with Crippen molar-refractivity contribution in [3.8, 4) is 0 Å². The Kier molecular flexibility index (Phi) is 7.01. The summed E-state index contributed by atoms with van der Waals surface area (Å²) in [6.07, 6.45) is 1.85. The molecule has 1 aliphatic heterocycles. The van der Waals surface area contributed by atoms with E-state index in [0.29, 0.717) is 18.5 Å². The minimum Gasteiger partial charge on any atom is -0.323 e. The number of carbonyl (C=O) groups is 2. The van der Waals surface area contributed by atoms with Crippen molar-refractivity contribution in [3.63, 3.8) is 0 Å². The lowest BCUT2D eigenvalue weighted by atomic mass is 10.0. The molecule has 0 aliphatic carbocycles. The van der Waals surface area contributed by atoms with Gasteiger partial charge in [0.05, 0.1) is 11.4 Å². The molecule has 3 rings (SSSR count). The Morgan fingerprint density at radius 2 is 1.81 bits per heavy atom. The fourth-order valence-electron chi connectivity index (χ4n) is 3.32. The molecule has 0 radical (unpaired) electrons. The molecule has 0 aromatic heterocycles. The summed E-state index contributed by atoms with van der Waals surface area (Å²) in [6.45, 7) is 0.427. The lowest BCUT2D eigenvalue weighted by molar-refractivity contribution is -0.112. The van der Waals surface area contributed by atoms with Crippen LogP contribution in [0.1, 0.15) is 18.4 Å². The minimum atomic E-state index is -3.69. The van der Waals surface area contributed by atoms with Crippen LogP contribution in [0.15, 0.2) is 47.4 Å². The van der Waals surface area contributed by atoms with E-state index in [9.17, 15) is 26.8 Å². The van der Waals surface area contributed by atoms with E-state index in [4.69, 9.17) is 0 Å². The molecule has 0 spiro atoms. The average molecular weight is 451 g/mol. The highest BCUT2D eigenvalue weighted by atomic mass is 32.2. The maximum absolute atomic E-state index is 13.8. The molecule has 0 bridgehead atoms. The van der Waals surface area contributed by atoms with Gasteiger partial charge in [0.1, 0.15) is 17.9 Å². The van der Waals surface area contributed by atoms with Gasteiger partial charge in [0.25, 0.3) is 0 Å². The van der Waals surface area contributed by atoms with Crippen LogP contribution in [0.2, 0.25) is 0 Å². The normalized spacial score (nSPS) is 15.5. The van der Waals surface area contributed by atoms with Crippen LogP contribution in [0.4, 0.5) is 19.3 Å². The lowest BCUT2D eigenvalue weighted by Crippen LogP contribution is -2.38. The summed E-state index contributed by atoms with van der Waals surface area (Å²) in [5.41, 5.74) is 0.396. The third kappa shape index (κ3) is 5.45. The molecular formula is C21H23F2N3O4S. The Hall–Kier alpha value is -2.85. The molecular weight excluding hydrogens is 428 g/mol. The Bertz CT molecular complexity index is 1050. The Morgan fingerprint density at radius 1 is 1.16 bits per heavy atom. The van der Waals surface area contributed by atoms with E-state index in [1.165, 1.54) is 40.5 Å². The number of amides is 2. The predicted octanol–water partition coefficient (Wildman–Crippen LogP) is 3.23. The van der Waals surface area contributed by atoms with Crippen LogP contribution in [0, 0.1) is 17.6 Å². The van der Waals surface area contributed by atoms with Crippen LogP contribution in [0.5, 0.6) is 0 Å². The molecule has 31 heavy (non-hydrogen) atoms. The highest BCUT2D eigenvalue weighted by Crippen LogP contribution is 2.24. The van der Waals surface area contributed by atoms with Gasteiger partial charge in [-0.15, -0.1) is 0 Å². The highest BCUT2D eigenvalue weighted by molar-refractivity contribution is 7.89. The van der Waals surface area contributed by atoms with E-state index in [2.05, 4.69) is 5.32 Å². The van der Waals surface area contributed by atoms with Gasteiger partial charge in [-0.3, -0.25) is 0 Å². The zero-order chi connectivity index (χ0) is 22.6. The summed E-state index contributed by atoms with van der Waals surface area (Å²) in [6, 6.07) is 8.16. The second kappa shape index (κ2) is 9.52. The van der Waals surface area contributed by atoms with Crippen molar-refractivity contribution in [2.24, 2.45) is 5.92 Å². The Morgan fingerprint density at radius 3 is 2.42 bits per heavy atom. The van der Waals surface area contributed by atoms with Crippen LogP contribution >= 0.6 is 0 Å². The van der Waals surface area contributed by atoms with E-state index in [-0.39, 0.29) is 36.0 Å². The second-order valence-corrected chi connectivity index (χ2v) is 9.36. The van der Waals surface area contributed by atoms with E-state index in [1.807, 2.05) is 0 Å². The first-order valence-corrected chi connectivity index (χ1v) is 11.2. The van der Waals surface area contributed by atoms with Crippen molar-refractivity contribution in [1.82, 2.24) is 9.21 Å². The van der Waals surface area contributed by atoms with Gasteiger partial charge in [0.15, 0.2) is 0 Å². The molecule has 2 aromatic carbocycles. The van der Waals surface area contributed by atoms with Crippen LogP contribution in [-0.2, 0) is 21.4 Å². The lowest BCUT2D eigenvalue weighted by Gasteiger charge is -2.28. The number of sulfonamides is 1. The van der Waals surface area contributed by atoms with Gasteiger partial charge in [0, 0.05) is 37.3 Å². The van der Waals surface area contributed by atoms with Gasteiger partial charge in [-0.2, -0.15) is 4.31 Å². The van der Waals surface area contributed by atoms with Crippen molar-refractivity contribution in [2.75, 3.05) is 25.5 Å². The number of piperidine rings is 1. The Balaban J connectivity index is 1.62. The number of nitrogens with zero attached hydrogens (tertiary/aromatic N) is 2. The van der Waals surface area contributed by atoms with Crippen LogP contribution < -0.4 is 5.32 Å². The summed E-state index contributed by atoms with van der Waals surface area (Å²) in [7, 11) is -2.26. The zero-order valence-corrected chi connectivity index (χ0v) is 17.7. The predicted molar refractivity (Wildman–Crippen MR) is 111 cm³/mol. The van der Waals surface area contributed by atoms with Crippen molar-refractivity contribution in [3.05, 3.63) is 59.7 Å². The molecule has 0 saturated carbocycles. The number of urea groups is 1. The molecule has 166 valence electrons. The third-order valence-electron chi connectivity index (χ3n) is 5.20. The molecule has 1 N–H and O–H groups in total. The summed E-state index contributed by atoms with van der Waals surface area (Å²) < 4.78 is 53.9.